The molecule has 4 rings (SSSR count). The minimum atomic E-state index is -0.0583. The third-order valence-electron chi connectivity index (χ3n) is 4.58. The Morgan fingerprint density at radius 1 is 1.12 bits per heavy atom. The van der Waals surface area contributed by atoms with Crippen LogP contribution in [0.2, 0.25) is 5.02 Å². The van der Waals surface area contributed by atoms with E-state index in [2.05, 4.69) is 28.5 Å². The number of benzene rings is 2. The maximum Gasteiger partial charge on any atom is 0.129 e. The summed E-state index contributed by atoms with van der Waals surface area (Å²) in [5.41, 5.74) is 1.03. The van der Waals surface area contributed by atoms with Gasteiger partial charge in [0.05, 0.1) is 5.02 Å². The van der Waals surface area contributed by atoms with Crippen molar-refractivity contribution in [1.82, 2.24) is 10.3 Å². The lowest BCUT2D eigenvalue weighted by Crippen LogP contribution is -2.21. The second-order valence-electron chi connectivity index (χ2n) is 6.21. The fourth-order valence-corrected chi connectivity index (χ4v) is 3.57. The zero-order valence-corrected chi connectivity index (χ0v) is 14.0. The summed E-state index contributed by atoms with van der Waals surface area (Å²) in [7, 11) is 0. The number of nitrogens with one attached hydrogen (secondary N) is 1. The largest absolute Gasteiger partial charge is 0.485 e. The highest BCUT2D eigenvalue weighted by atomic mass is 35.5. The molecule has 0 amide bonds. The first-order valence-electron chi connectivity index (χ1n) is 8.27. The standard InChI is InChI=1S/C20H19ClN2O/c21-17-10-16(12-23-13-17)20(15-8-9-22-11-15)24-19-7-3-5-14-4-1-2-6-18(14)19/h1-7,10,12-13,15,20,22H,8-9,11H2. The molecule has 0 bridgehead atoms. The molecule has 0 saturated carbocycles. The molecule has 0 spiro atoms. The number of halogens is 1. The molecule has 2 unspecified atom stereocenters. The zero-order valence-electron chi connectivity index (χ0n) is 13.3. The first-order chi connectivity index (χ1) is 11.8. The fourth-order valence-electron chi connectivity index (χ4n) is 3.39. The van der Waals surface area contributed by atoms with E-state index in [4.69, 9.17) is 16.3 Å². The van der Waals surface area contributed by atoms with Crippen LogP contribution in [0.4, 0.5) is 0 Å². The van der Waals surface area contributed by atoms with Crippen molar-refractivity contribution >= 4 is 22.4 Å². The van der Waals surface area contributed by atoms with Crippen LogP contribution in [0, 0.1) is 5.92 Å². The van der Waals surface area contributed by atoms with E-state index in [0.29, 0.717) is 10.9 Å². The molecule has 3 nitrogen and oxygen atoms in total. The Labute approximate surface area is 146 Å². The van der Waals surface area contributed by atoms with Crippen LogP contribution in [0.1, 0.15) is 18.1 Å². The van der Waals surface area contributed by atoms with Gasteiger partial charge in [-0.2, -0.15) is 0 Å². The lowest BCUT2D eigenvalue weighted by Gasteiger charge is -2.25. The Morgan fingerprint density at radius 2 is 2.00 bits per heavy atom. The molecule has 1 N–H and O–H groups in total. The van der Waals surface area contributed by atoms with Crippen LogP contribution in [0.3, 0.4) is 0 Å². The number of hydrogen-bond acceptors (Lipinski definition) is 3. The lowest BCUT2D eigenvalue weighted by molar-refractivity contribution is 0.146. The van der Waals surface area contributed by atoms with E-state index in [-0.39, 0.29) is 6.10 Å². The number of rotatable bonds is 4. The van der Waals surface area contributed by atoms with Crippen molar-refractivity contribution in [2.75, 3.05) is 13.1 Å². The topological polar surface area (TPSA) is 34.1 Å². The van der Waals surface area contributed by atoms with Gasteiger partial charge in [0.2, 0.25) is 0 Å². The number of ether oxygens (including phenoxy) is 1. The molecular formula is C20H19ClN2O. The molecule has 3 aromatic rings. The molecule has 4 heteroatoms. The molecule has 2 aromatic carbocycles. The predicted octanol–water partition coefficient (Wildman–Crippen LogP) is 4.62. The number of hydrogen-bond donors (Lipinski definition) is 1. The Hall–Kier alpha value is -2.10. The third-order valence-corrected chi connectivity index (χ3v) is 4.79. The van der Waals surface area contributed by atoms with Crippen molar-refractivity contribution in [3.63, 3.8) is 0 Å². The number of pyridine rings is 1. The van der Waals surface area contributed by atoms with E-state index in [1.807, 2.05) is 36.5 Å². The number of nitrogens with zero attached hydrogens (tertiary/aromatic N) is 1. The SMILES string of the molecule is Clc1cncc(C(Oc2cccc3ccccc23)C2CCNC2)c1. The van der Waals surface area contributed by atoms with Gasteiger partial charge in [-0.15, -0.1) is 0 Å². The van der Waals surface area contributed by atoms with Crippen molar-refractivity contribution in [1.29, 1.82) is 0 Å². The van der Waals surface area contributed by atoms with Gasteiger partial charge in [-0.1, -0.05) is 48.0 Å². The van der Waals surface area contributed by atoms with Crippen molar-refractivity contribution in [2.24, 2.45) is 5.92 Å². The molecule has 24 heavy (non-hydrogen) atoms. The van der Waals surface area contributed by atoms with E-state index in [0.717, 1.165) is 36.2 Å². The molecule has 0 radical (unpaired) electrons. The van der Waals surface area contributed by atoms with Gasteiger partial charge in [0.15, 0.2) is 0 Å². The summed E-state index contributed by atoms with van der Waals surface area (Å²) in [6, 6.07) is 16.4. The highest BCUT2D eigenvalue weighted by Gasteiger charge is 2.29. The maximum atomic E-state index is 6.51. The summed E-state index contributed by atoms with van der Waals surface area (Å²) in [6.45, 7) is 1.97. The molecule has 1 fully saturated rings. The predicted molar refractivity (Wildman–Crippen MR) is 97.5 cm³/mol. The molecule has 122 valence electrons. The van der Waals surface area contributed by atoms with Crippen LogP contribution < -0.4 is 10.1 Å². The normalized spacial score (nSPS) is 18.6. The molecular weight excluding hydrogens is 320 g/mol. The number of fused-ring (bicyclic) bond motifs is 1. The van der Waals surface area contributed by atoms with Crippen LogP contribution in [-0.4, -0.2) is 18.1 Å². The van der Waals surface area contributed by atoms with Gasteiger partial charge in [0, 0.05) is 35.8 Å². The van der Waals surface area contributed by atoms with Gasteiger partial charge in [-0.3, -0.25) is 4.98 Å². The summed E-state index contributed by atoms with van der Waals surface area (Å²) in [6.07, 6.45) is 4.55. The zero-order chi connectivity index (χ0) is 16.4. The summed E-state index contributed by atoms with van der Waals surface area (Å²) < 4.78 is 6.51. The fraction of sp³-hybridized carbons (Fsp3) is 0.250. The third kappa shape index (κ3) is 3.10. The van der Waals surface area contributed by atoms with Gasteiger partial charge >= 0.3 is 0 Å². The Kier molecular flexibility index (Phi) is 4.37. The monoisotopic (exact) mass is 338 g/mol. The summed E-state index contributed by atoms with van der Waals surface area (Å²) in [5.74, 6) is 1.31. The van der Waals surface area contributed by atoms with Gasteiger partial charge in [-0.05, 0) is 30.5 Å². The second-order valence-corrected chi connectivity index (χ2v) is 6.64. The van der Waals surface area contributed by atoms with E-state index >= 15 is 0 Å². The van der Waals surface area contributed by atoms with Crippen molar-refractivity contribution in [2.45, 2.75) is 12.5 Å². The molecule has 1 aliphatic heterocycles. The van der Waals surface area contributed by atoms with Crippen LogP contribution in [0.25, 0.3) is 10.8 Å². The summed E-state index contributed by atoms with van der Waals surface area (Å²) in [4.78, 5) is 4.25. The first kappa shape index (κ1) is 15.4. The molecule has 1 aromatic heterocycles. The molecule has 0 aliphatic carbocycles. The van der Waals surface area contributed by atoms with Crippen molar-refractivity contribution < 1.29 is 4.74 Å². The van der Waals surface area contributed by atoms with E-state index in [1.54, 1.807) is 6.20 Å². The smallest absolute Gasteiger partial charge is 0.129 e. The summed E-state index contributed by atoms with van der Waals surface area (Å²) >= 11 is 6.16. The highest BCUT2D eigenvalue weighted by Crippen LogP contribution is 2.35. The lowest BCUT2D eigenvalue weighted by atomic mass is 9.95. The van der Waals surface area contributed by atoms with Gasteiger partial charge in [0.25, 0.3) is 0 Å². The minimum absolute atomic E-state index is 0.0583. The molecule has 1 saturated heterocycles. The molecule has 2 heterocycles. The van der Waals surface area contributed by atoms with Crippen molar-refractivity contribution in [3.05, 3.63) is 71.5 Å². The Balaban J connectivity index is 1.73. The second kappa shape index (κ2) is 6.80. The highest BCUT2D eigenvalue weighted by molar-refractivity contribution is 6.30. The van der Waals surface area contributed by atoms with Crippen LogP contribution in [0.15, 0.2) is 60.9 Å². The molecule has 2 atom stereocenters. The quantitative estimate of drug-likeness (QED) is 0.753. The average Bonchev–Trinajstić information content (AvgIpc) is 3.14. The van der Waals surface area contributed by atoms with Crippen LogP contribution in [-0.2, 0) is 0 Å². The van der Waals surface area contributed by atoms with Crippen LogP contribution >= 0.6 is 11.6 Å². The summed E-state index contributed by atoms with van der Waals surface area (Å²) in [5, 5.41) is 6.38. The van der Waals surface area contributed by atoms with Crippen molar-refractivity contribution in [3.8, 4) is 5.75 Å². The van der Waals surface area contributed by atoms with Gasteiger partial charge in [-0.25, -0.2) is 0 Å². The van der Waals surface area contributed by atoms with Crippen LogP contribution in [0.5, 0.6) is 5.75 Å². The maximum absolute atomic E-state index is 6.51. The molecule has 1 aliphatic rings. The minimum Gasteiger partial charge on any atom is -0.485 e. The van der Waals surface area contributed by atoms with Gasteiger partial charge < -0.3 is 10.1 Å². The van der Waals surface area contributed by atoms with E-state index in [9.17, 15) is 0 Å². The number of aromatic nitrogens is 1. The van der Waals surface area contributed by atoms with E-state index < -0.39 is 0 Å². The Bertz CT molecular complexity index is 840. The Morgan fingerprint density at radius 3 is 2.83 bits per heavy atom. The first-order valence-corrected chi connectivity index (χ1v) is 8.64. The van der Waals surface area contributed by atoms with Gasteiger partial charge in [0.1, 0.15) is 11.9 Å². The van der Waals surface area contributed by atoms with E-state index in [1.165, 1.54) is 5.39 Å². The average molecular weight is 339 g/mol.